The van der Waals surface area contributed by atoms with Crippen molar-refractivity contribution in [3.8, 4) is 0 Å². The highest BCUT2D eigenvalue weighted by Crippen LogP contribution is 2.17. The van der Waals surface area contributed by atoms with E-state index < -0.39 is 0 Å². The monoisotopic (exact) mass is 224 g/mol. The minimum absolute atomic E-state index is 0.0105. The van der Waals surface area contributed by atoms with Gasteiger partial charge in [0.2, 0.25) is 5.28 Å². The Labute approximate surface area is 90.1 Å². The van der Waals surface area contributed by atoms with E-state index in [0.29, 0.717) is 11.5 Å². The van der Waals surface area contributed by atoms with E-state index in [2.05, 4.69) is 20.5 Å². The number of nitrogens with zero attached hydrogens (tertiary/aromatic N) is 3. The molecule has 0 atom stereocenters. The van der Waals surface area contributed by atoms with Crippen LogP contribution in [0.1, 0.15) is 0 Å². The van der Waals surface area contributed by atoms with Crippen molar-refractivity contribution in [3.63, 3.8) is 0 Å². The standard InChI is InChI=1S/C9H6ClFN4/c10-9-14-8(5-12-15-9)13-7-4-2-1-3-6(7)11/h1-5H,(H,13,14,15). The average Bonchev–Trinajstić information content (AvgIpc) is 2.22. The lowest BCUT2D eigenvalue weighted by molar-refractivity contribution is 0.631. The Bertz CT molecular complexity index is 477. The van der Waals surface area contributed by atoms with Crippen molar-refractivity contribution in [2.45, 2.75) is 0 Å². The number of rotatable bonds is 2. The molecule has 1 heterocycles. The van der Waals surface area contributed by atoms with Crippen LogP contribution in [0.5, 0.6) is 0 Å². The molecule has 15 heavy (non-hydrogen) atoms. The number of aromatic nitrogens is 3. The maximum atomic E-state index is 13.2. The molecular formula is C9H6ClFN4. The molecule has 6 heteroatoms. The van der Waals surface area contributed by atoms with Crippen LogP contribution in [0.15, 0.2) is 30.5 Å². The van der Waals surface area contributed by atoms with Gasteiger partial charge < -0.3 is 5.32 Å². The number of halogens is 2. The van der Waals surface area contributed by atoms with Gasteiger partial charge in [0.05, 0.1) is 11.9 Å². The average molecular weight is 225 g/mol. The second kappa shape index (κ2) is 4.18. The van der Waals surface area contributed by atoms with E-state index in [0.717, 1.165) is 0 Å². The van der Waals surface area contributed by atoms with E-state index in [-0.39, 0.29) is 11.1 Å². The SMILES string of the molecule is Fc1ccccc1Nc1cnnc(Cl)n1. The van der Waals surface area contributed by atoms with Gasteiger partial charge in [-0.15, -0.1) is 5.10 Å². The molecule has 76 valence electrons. The van der Waals surface area contributed by atoms with Gasteiger partial charge in [-0.3, -0.25) is 0 Å². The van der Waals surface area contributed by atoms with E-state index in [1.807, 2.05) is 0 Å². The lowest BCUT2D eigenvalue weighted by Gasteiger charge is -2.04. The van der Waals surface area contributed by atoms with Gasteiger partial charge in [-0.1, -0.05) is 12.1 Å². The zero-order valence-corrected chi connectivity index (χ0v) is 8.24. The van der Waals surface area contributed by atoms with Gasteiger partial charge in [0, 0.05) is 0 Å². The summed E-state index contributed by atoms with van der Waals surface area (Å²) >= 11 is 5.53. The Morgan fingerprint density at radius 3 is 2.80 bits per heavy atom. The lowest BCUT2D eigenvalue weighted by Crippen LogP contribution is -1.98. The summed E-state index contributed by atoms with van der Waals surface area (Å²) in [5, 5.41) is 9.81. The van der Waals surface area contributed by atoms with E-state index >= 15 is 0 Å². The maximum absolute atomic E-state index is 13.2. The van der Waals surface area contributed by atoms with Crippen LogP contribution in [0.4, 0.5) is 15.9 Å². The molecule has 2 aromatic rings. The fourth-order valence-corrected chi connectivity index (χ4v) is 1.18. The van der Waals surface area contributed by atoms with E-state index in [4.69, 9.17) is 11.6 Å². The van der Waals surface area contributed by atoms with Gasteiger partial charge in [0.15, 0.2) is 5.82 Å². The normalized spacial score (nSPS) is 10.0. The molecule has 0 fully saturated rings. The van der Waals surface area contributed by atoms with Gasteiger partial charge in [0.1, 0.15) is 5.82 Å². The fraction of sp³-hybridized carbons (Fsp3) is 0. The predicted octanol–water partition coefficient (Wildman–Crippen LogP) is 2.41. The van der Waals surface area contributed by atoms with E-state index in [9.17, 15) is 4.39 Å². The largest absolute Gasteiger partial charge is 0.336 e. The zero-order chi connectivity index (χ0) is 10.7. The molecular weight excluding hydrogens is 219 g/mol. The molecule has 0 amide bonds. The molecule has 0 aliphatic heterocycles. The Balaban J connectivity index is 2.26. The van der Waals surface area contributed by atoms with Gasteiger partial charge in [-0.05, 0) is 23.7 Å². The van der Waals surface area contributed by atoms with Crippen molar-refractivity contribution in [1.82, 2.24) is 15.2 Å². The minimum Gasteiger partial charge on any atom is -0.336 e. The summed E-state index contributed by atoms with van der Waals surface area (Å²) in [4.78, 5) is 3.82. The van der Waals surface area contributed by atoms with Crippen molar-refractivity contribution in [2.24, 2.45) is 0 Å². The number of hydrogen-bond acceptors (Lipinski definition) is 4. The van der Waals surface area contributed by atoms with E-state index in [1.165, 1.54) is 12.3 Å². The maximum Gasteiger partial charge on any atom is 0.244 e. The van der Waals surface area contributed by atoms with Crippen LogP contribution in [0.3, 0.4) is 0 Å². The van der Waals surface area contributed by atoms with Crippen molar-refractivity contribution >= 4 is 23.1 Å². The summed E-state index contributed by atoms with van der Waals surface area (Å²) in [6.07, 6.45) is 1.36. The number of benzene rings is 1. The highest BCUT2D eigenvalue weighted by Gasteiger charge is 2.02. The first kappa shape index (κ1) is 9.79. The Morgan fingerprint density at radius 2 is 2.07 bits per heavy atom. The van der Waals surface area contributed by atoms with Crippen LogP contribution in [0, 0.1) is 5.82 Å². The molecule has 0 aliphatic carbocycles. The lowest BCUT2D eigenvalue weighted by atomic mass is 10.3. The number of para-hydroxylation sites is 1. The first-order valence-electron chi connectivity index (χ1n) is 4.12. The summed E-state index contributed by atoms with van der Waals surface area (Å²) in [7, 11) is 0. The Kier molecular flexibility index (Phi) is 2.73. The summed E-state index contributed by atoms with van der Waals surface area (Å²) in [6, 6.07) is 6.25. The third kappa shape index (κ3) is 2.38. The van der Waals surface area contributed by atoms with Crippen molar-refractivity contribution in [1.29, 1.82) is 0 Å². The Hall–Kier alpha value is -1.75. The van der Waals surface area contributed by atoms with Crippen LogP contribution in [0.25, 0.3) is 0 Å². The molecule has 4 nitrogen and oxygen atoms in total. The minimum atomic E-state index is -0.368. The van der Waals surface area contributed by atoms with Gasteiger partial charge >= 0.3 is 0 Å². The molecule has 1 N–H and O–H groups in total. The van der Waals surface area contributed by atoms with Gasteiger partial charge in [0.25, 0.3) is 0 Å². The molecule has 0 saturated heterocycles. The molecule has 0 spiro atoms. The van der Waals surface area contributed by atoms with E-state index in [1.54, 1.807) is 18.2 Å². The zero-order valence-electron chi connectivity index (χ0n) is 7.48. The summed E-state index contributed by atoms with van der Waals surface area (Å²) in [6.45, 7) is 0. The third-order valence-electron chi connectivity index (χ3n) is 1.67. The van der Waals surface area contributed by atoms with Crippen LogP contribution in [0.2, 0.25) is 5.28 Å². The third-order valence-corrected chi connectivity index (χ3v) is 1.83. The number of hydrogen-bond donors (Lipinski definition) is 1. The Morgan fingerprint density at radius 1 is 1.27 bits per heavy atom. The van der Waals surface area contributed by atoms with Gasteiger partial charge in [-0.2, -0.15) is 10.1 Å². The molecule has 1 aromatic carbocycles. The van der Waals surface area contributed by atoms with Crippen LogP contribution in [-0.2, 0) is 0 Å². The van der Waals surface area contributed by atoms with Crippen molar-refractivity contribution in [2.75, 3.05) is 5.32 Å². The summed E-state index contributed by atoms with van der Waals surface area (Å²) in [5.74, 6) is -0.0210. The summed E-state index contributed by atoms with van der Waals surface area (Å²) in [5.41, 5.74) is 0.314. The number of nitrogens with one attached hydrogen (secondary N) is 1. The van der Waals surface area contributed by atoms with Crippen LogP contribution in [-0.4, -0.2) is 15.2 Å². The van der Waals surface area contributed by atoms with Gasteiger partial charge in [-0.25, -0.2) is 4.39 Å². The second-order valence-corrected chi connectivity index (χ2v) is 3.05. The molecule has 0 unspecified atom stereocenters. The first-order valence-corrected chi connectivity index (χ1v) is 4.50. The summed E-state index contributed by atoms with van der Waals surface area (Å²) < 4.78 is 13.2. The first-order chi connectivity index (χ1) is 7.25. The fourth-order valence-electron chi connectivity index (χ4n) is 1.04. The molecule has 0 bridgehead atoms. The smallest absolute Gasteiger partial charge is 0.244 e. The topological polar surface area (TPSA) is 50.7 Å². The quantitative estimate of drug-likeness (QED) is 0.851. The van der Waals surface area contributed by atoms with Crippen molar-refractivity contribution in [3.05, 3.63) is 41.6 Å². The highest BCUT2D eigenvalue weighted by atomic mass is 35.5. The van der Waals surface area contributed by atoms with Crippen LogP contribution >= 0.6 is 11.6 Å². The molecule has 1 aromatic heterocycles. The predicted molar refractivity (Wildman–Crippen MR) is 54.5 cm³/mol. The second-order valence-electron chi connectivity index (χ2n) is 2.72. The highest BCUT2D eigenvalue weighted by molar-refractivity contribution is 6.28. The number of anilines is 2. The molecule has 0 aliphatic rings. The van der Waals surface area contributed by atoms with Crippen LogP contribution < -0.4 is 5.32 Å². The molecule has 0 radical (unpaired) electrons. The van der Waals surface area contributed by atoms with Crippen molar-refractivity contribution < 1.29 is 4.39 Å². The molecule has 2 rings (SSSR count). The molecule has 0 saturated carbocycles.